The number of carbonyl (C=O) groups excluding carboxylic acids is 2. The maximum Gasteiger partial charge on any atom is 0.268 e. The molecule has 0 fully saturated rings. The van der Waals surface area contributed by atoms with Gasteiger partial charge in [-0.15, -0.1) is 11.8 Å². The number of aryl methyl sites for hydroxylation is 2. The Labute approximate surface area is 237 Å². The van der Waals surface area contributed by atoms with Crippen molar-refractivity contribution in [3.8, 4) is 0 Å². The van der Waals surface area contributed by atoms with Gasteiger partial charge in [0, 0.05) is 39.2 Å². The lowest BCUT2D eigenvalue weighted by atomic mass is 9.95. The number of nitrogens with zero attached hydrogens (tertiary/aromatic N) is 2. The molecular formula is C32H35BrN2O2S. The number of carbonyl (C=O) groups is 2. The Balaban J connectivity index is 1.66. The van der Waals surface area contributed by atoms with E-state index in [0.717, 1.165) is 46.6 Å². The molecule has 0 aliphatic carbocycles. The highest BCUT2D eigenvalue weighted by atomic mass is 79.9. The van der Waals surface area contributed by atoms with Crippen molar-refractivity contribution in [2.45, 2.75) is 58.1 Å². The van der Waals surface area contributed by atoms with Gasteiger partial charge in [0.15, 0.2) is 0 Å². The van der Waals surface area contributed by atoms with Crippen molar-refractivity contribution < 1.29 is 9.59 Å². The highest BCUT2D eigenvalue weighted by Crippen LogP contribution is 2.35. The van der Waals surface area contributed by atoms with Crippen LogP contribution in [0, 0.1) is 6.92 Å². The zero-order valence-corrected chi connectivity index (χ0v) is 25.2. The summed E-state index contributed by atoms with van der Waals surface area (Å²) in [6.45, 7) is 12.3. The number of benzene rings is 2. The Morgan fingerprint density at radius 2 is 1.79 bits per heavy atom. The molecule has 2 atom stereocenters. The molecule has 0 saturated heterocycles. The number of rotatable bonds is 10. The van der Waals surface area contributed by atoms with Gasteiger partial charge in [-0.05, 0) is 87.1 Å². The second-order valence-corrected chi connectivity index (χ2v) is 12.4. The summed E-state index contributed by atoms with van der Waals surface area (Å²) < 4.78 is 5.05. The van der Waals surface area contributed by atoms with Crippen molar-refractivity contribution in [1.82, 2.24) is 9.13 Å². The van der Waals surface area contributed by atoms with Crippen molar-refractivity contribution in [2.75, 3.05) is 0 Å². The van der Waals surface area contributed by atoms with Crippen LogP contribution < -0.4 is 0 Å². The van der Waals surface area contributed by atoms with Gasteiger partial charge in [0.05, 0.1) is 15.7 Å². The fourth-order valence-electron chi connectivity index (χ4n) is 5.10. The number of aromatic nitrogens is 2. The molecule has 198 valence electrons. The maximum absolute atomic E-state index is 13.6. The van der Waals surface area contributed by atoms with Gasteiger partial charge in [-0.25, -0.2) is 0 Å². The average molecular weight is 592 g/mol. The van der Waals surface area contributed by atoms with Gasteiger partial charge in [-0.1, -0.05) is 54.1 Å². The molecule has 38 heavy (non-hydrogen) atoms. The highest BCUT2D eigenvalue weighted by Gasteiger charge is 2.23. The minimum absolute atomic E-state index is 0.128. The number of fused-ring (bicyclic) bond motifs is 2. The number of halogens is 1. The zero-order valence-electron chi connectivity index (χ0n) is 22.8. The Morgan fingerprint density at radius 3 is 2.50 bits per heavy atom. The molecule has 2 aromatic carbocycles. The lowest BCUT2D eigenvalue weighted by Crippen LogP contribution is -2.17. The summed E-state index contributed by atoms with van der Waals surface area (Å²) in [5, 5.41) is 1.94. The van der Waals surface area contributed by atoms with Gasteiger partial charge < -0.3 is 9.36 Å². The number of aldehydes is 1. The van der Waals surface area contributed by atoms with E-state index in [1.807, 2.05) is 18.2 Å². The van der Waals surface area contributed by atoms with Crippen LogP contribution in [-0.2, 0) is 11.8 Å². The number of allylic oxidation sites excluding steroid dienone is 3. The van der Waals surface area contributed by atoms with E-state index in [0.29, 0.717) is 4.91 Å². The third kappa shape index (κ3) is 5.76. The number of hydrogen-bond donors (Lipinski definition) is 0. The number of hydrogen-bond acceptors (Lipinski definition) is 3. The summed E-state index contributed by atoms with van der Waals surface area (Å²) in [5.41, 5.74) is 6.88. The highest BCUT2D eigenvalue weighted by molar-refractivity contribution is 9.10. The summed E-state index contributed by atoms with van der Waals surface area (Å²) in [6.07, 6.45) is 5.91. The molecule has 0 bridgehead atoms. The molecule has 6 heteroatoms. The van der Waals surface area contributed by atoms with Gasteiger partial charge >= 0.3 is 0 Å². The fourth-order valence-corrected chi connectivity index (χ4v) is 6.18. The molecule has 4 rings (SSSR count). The molecule has 0 aliphatic heterocycles. The molecule has 2 unspecified atom stereocenters. The fraction of sp³-hybridized carbons (Fsp3) is 0.312. The second-order valence-electron chi connectivity index (χ2n) is 10.0. The normalized spacial score (nSPS) is 13.7. The van der Waals surface area contributed by atoms with Gasteiger partial charge in [-0.3, -0.25) is 9.36 Å². The molecule has 2 aromatic heterocycles. The smallest absolute Gasteiger partial charge is 0.268 e. The standard InChI is InChI=1S/C32H35BrN2O2S/c1-7-8-24(31-18-25-15-20(2)9-13-28(25)34(31)6)11-10-21(3)30-17-26-16-27(33)12-14-29(26)35(30)32(37)23(5)38-22(4)19-36/h8-9,12-19,21-22H,5,7,10-11H2,1-4,6H3/b24-8+. The van der Waals surface area contributed by atoms with Crippen molar-refractivity contribution in [3.05, 3.63) is 87.5 Å². The molecular weight excluding hydrogens is 556 g/mol. The average Bonchev–Trinajstić information content (AvgIpc) is 3.42. The van der Waals surface area contributed by atoms with E-state index in [1.165, 1.54) is 39.5 Å². The van der Waals surface area contributed by atoms with Crippen LogP contribution in [0.1, 0.15) is 67.7 Å². The van der Waals surface area contributed by atoms with E-state index >= 15 is 0 Å². The van der Waals surface area contributed by atoms with Crippen molar-refractivity contribution >= 4 is 67.3 Å². The minimum atomic E-state index is -0.324. The molecule has 0 saturated carbocycles. The molecule has 0 aliphatic rings. The summed E-state index contributed by atoms with van der Waals surface area (Å²) in [5.74, 6) is -0.0418. The van der Waals surface area contributed by atoms with Gasteiger partial charge in [-0.2, -0.15) is 0 Å². The molecule has 0 N–H and O–H groups in total. The third-order valence-electron chi connectivity index (χ3n) is 7.08. The largest absolute Gasteiger partial charge is 0.344 e. The van der Waals surface area contributed by atoms with E-state index < -0.39 is 0 Å². The number of thioether (sulfide) groups is 1. The van der Waals surface area contributed by atoms with E-state index in [9.17, 15) is 9.59 Å². The molecule has 2 heterocycles. The van der Waals surface area contributed by atoms with Crippen LogP contribution in [-0.4, -0.2) is 26.6 Å². The first-order valence-corrected chi connectivity index (χ1v) is 14.7. The van der Waals surface area contributed by atoms with Crippen molar-refractivity contribution in [2.24, 2.45) is 7.05 Å². The Hall–Kier alpha value is -2.83. The Kier molecular flexibility index (Phi) is 8.84. The van der Waals surface area contributed by atoms with Crippen LogP contribution in [0.3, 0.4) is 0 Å². The zero-order chi connectivity index (χ0) is 27.6. The van der Waals surface area contributed by atoms with Crippen LogP contribution in [0.15, 0.2) is 70.6 Å². The van der Waals surface area contributed by atoms with Gasteiger partial charge in [0.1, 0.15) is 6.29 Å². The topological polar surface area (TPSA) is 44.0 Å². The summed E-state index contributed by atoms with van der Waals surface area (Å²) >= 11 is 4.78. The first kappa shape index (κ1) is 28.2. The van der Waals surface area contributed by atoms with E-state index in [-0.39, 0.29) is 17.1 Å². The first-order valence-electron chi connectivity index (χ1n) is 13.1. The third-order valence-corrected chi connectivity index (χ3v) is 8.52. The van der Waals surface area contributed by atoms with Crippen LogP contribution in [0.4, 0.5) is 0 Å². The predicted octanol–water partition coefficient (Wildman–Crippen LogP) is 9.06. The van der Waals surface area contributed by atoms with Crippen LogP contribution in [0.5, 0.6) is 0 Å². The lowest BCUT2D eigenvalue weighted by molar-refractivity contribution is -0.107. The van der Waals surface area contributed by atoms with E-state index in [4.69, 9.17) is 0 Å². The van der Waals surface area contributed by atoms with E-state index in [2.05, 4.69) is 91.3 Å². The summed E-state index contributed by atoms with van der Waals surface area (Å²) in [4.78, 5) is 25.2. The van der Waals surface area contributed by atoms with Crippen LogP contribution in [0.2, 0.25) is 0 Å². The predicted molar refractivity (Wildman–Crippen MR) is 166 cm³/mol. The summed E-state index contributed by atoms with van der Waals surface area (Å²) in [7, 11) is 2.14. The lowest BCUT2D eigenvalue weighted by Gasteiger charge is -2.18. The van der Waals surface area contributed by atoms with E-state index in [1.54, 1.807) is 11.5 Å². The molecule has 0 amide bonds. The maximum atomic E-state index is 13.6. The SMILES string of the molecule is C=C(SC(C)C=O)C(=O)n1c(C(C)CC/C(=C\CC)c2cc3cc(C)ccc3n2C)cc2cc(Br)ccc21. The molecule has 4 aromatic rings. The Bertz CT molecular complexity index is 1560. The van der Waals surface area contributed by atoms with Gasteiger partial charge in [0.25, 0.3) is 5.91 Å². The monoisotopic (exact) mass is 590 g/mol. The van der Waals surface area contributed by atoms with Crippen LogP contribution >= 0.6 is 27.7 Å². The molecule has 0 radical (unpaired) electrons. The first-order chi connectivity index (χ1) is 18.1. The summed E-state index contributed by atoms with van der Waals surface area (Å²) in [6, 6.07) is 17.0. The van der Waals surface area contributed by atoms with Gasteiger partial charge in [0.2, 0.25) is 0 Å². The van der Waals surface area contributed by atoms with Crippen molar-refractivity contribution in [3.63, 3.8) is 0 Å². The van der Waals surface area contributed by atoms with Crippen molar-refractivity contribution in [1.29, 1.82) is 0 Å². The second kappa shape index (κ2) is 11.9. The minimum Gasteiger partial charge on any atom is -0.344 e. The molecule has 0 spiro atoms. The Morgan fingerprint density at radius 1 is 1.08 bits per heavy atom. The molecule has 4 nitrogen and oxygen atoms in total. The van der Waals surface area contributed by atoms with Crippen LogP contribution in [0.25, 0.3) is 27.4 Å². The quantitative estimate of drug-likeness (QED) is 0.137.